The Morgan fingerprint density at radius 2 is 1.93 bits per heavy atom. The molecule has 0 aromatic rings. The fraction of sp³-hybridized carbons (Fsp3) is 0.826. The Hall–Kier alpha value is -1.16. The van der Waals surface area contributed by atoms with Crippen molar-refractivity contribution in [3.8, 4) is 0 Å². The van der Waals surface area contributed by atoms with E-state index in [-0.39, 0.29) is 34.1 Å². The third-order valence-corrected chi connectivity index (χ3v) is 9.99. The Labute approximate surface area is 161 Å². The van der Waals surface area contributed by atoms with Crippen LogP contribution < -0.4 is 0 Å². The smallest absolute Gasteiger partial charge is 0.306 e. The molecule has 0 aromatic heterocycles. The number of epoxide rings is 1. The lowest BCUT2D eigenvalue weighted by molar-refractivity contribution is -0.165. The number of ketones is 1. The highest BCUT2D eigenvalue weighted by atomic mass is 16.6. The fourth-order valence-electron chi connectivity index (χ4n) is 8.65. The number of rotatable bonds is 0. The molecule has 4 aliphatic carbocycles. The lowest BCUT2D eigenvalue weighted by Crippen LogP contribution is -2.61. The average molecular weight is 370 g/mol. The van der Waals surface area contributed by atoms with Crippen molar-refractivity contribution in [2.45, 2.75) is 89.4 Å². The van der Waals surface area contributed by atoms with Crippen molar-refractivity contribution < 1.29 is 19.1 Å². The molecule has 6 aliphatic rings. The zero-order chi connectivity index (χ0) is 18.8. The molecule has 4 heteroatoms. The van der Waals surface area contributed by atoms with Crippen molar-refractivity contribution in [1.29, 1.82) is 0 Å². The third kappa shape index (κ3) is 1.68. The molecular weight excluding hydrogens is 340 g/mol. The maximum atomic E-state index is 12.1. The average Bonchev–Trinajstić information content (AvgIpc) is 3.09. The Bertz CT molecular complexity index is 800. The van der Waals surface area contributed by atoms with E-state index in [0.717, 1.165) is 38.5 Å². The molecule has 2 heterocycles. The molecule has 146 valence electrons. The molecule has 0 aromatic carbocycles. The number of esters is 1. The van der Waals surface area contributed by atoms with Crippen LogP contribution in [-0.4, -0.2) is 29.1 Å². The van der Waals surface area contributed by atoms with Crippen LogP contribution in [0, 0.1) is 28.6 Å². The van der Waals surface area contributed by atoms with E-state index >= 15 is 0 Å². The SMILES string of the molecule is CC1CC2=CC(=O)CC[C@]2(C)C23OC2C[C@@]2(C)[C@@H](CC[C@@]24CCC(=O)O4)C13. The first-order valence-electron chi connectivity index (χ1n) is 10.9. The fourth-order valence-corrected chi connectivity index (χ4v) is 8.65. The Kier molecular flexibility index (Phi) is 2.91. The zero-order valence-corrected chi connectivity index (χ0v) is 16.7. The van der Waals surface area contributed by atoms with Gasteiger partial charge in [-0.2, -0.15) is 0 Å². The topological polar surface area (TPSA) is 55.9 Å². The van der Waals surface area contributed by atoms with E-state index in [4.69, 9.17) is 9.47 Å². The van der Waals surface area contributed by atoms with Gasteiger partial charge in [-0.15, -0.1) is 0 Å². The summed E-state index contributed by atoms with van der Waals surface area (Å²) in [7, 11) is 0. The van der Waals surface area contributed by atoms with Crippen molar-refractivity contribution >= 4 is 11.8 Å². The van der Waals surface area contributed by atoms with Gasteiger partial charge in [0.2, 0.25) is 0 Å². The van der Waals surface area contributed by atoms with Crippen LogP contribution in [0.5, 0.6) is 0 Å². The summed E-state index contributed by atoms with van der Waals surface area (Å²) in [6.45, 7) is 7.12. The van der Waals surface area contributed by atoms with Gasteiger partial charge in [0.1, 0.15) is 11.2 Å². The van der Waals surface area contributed by atoms with Gasteiger partial charge in [0.25, 0.3) is 0 Å². The minimum absolute atomic E-state index is 0.00614. The van der Waals surface area contributed by atoms with Gasteiger partial charge < -0.3 is 9.47 Å². The van der Waals surface area contributed by atoms with Gasteiger partial charge in [0.05, 0.1) is 6.10 Å². The predicted molar refractivity (Wildman–Crippen MR) is 98.8 cm³/mol. The van der Waals surface area contributed by atoms with E-state index in [0.29, 0.717) is 36.4 Å². The molecule has 0 radical (unpaired) electrons. The molecule has 0 bridgehead atoms. The second kappa shape index (κ2) is 4.69. The molecule has 4 nitrogen and oxygen atoms in total. The normalized spacial score (nSPS) is 58.1. The Balaban J connectivity index is 1.45. The summed E-state index contributed by atoms with van der Waals surface area (Å²) in [5, 5.41) is 0. The molecule has 27 heavy (non-hydrogen) atoms. The van der Waals surface area contributed by atoms with E-state index in [1.807, 2.05) is 6.08 Å². The maximum absolute atomic E-state index is 12.1. The monoisotopic (exact) mass is 370 g/mol. The summed E-state index contributed by atoms with van der Waals surface area (Å²) >= 11 is 0. The van der Waals surface area contributed by atoms with E-state index < -0.39 is 0 Å². The van der Waals surface area contributed by atoms with E-state index in [2.05, 4.69) is 20.8 Å². The number of ether oxygens (including phenoxy) is 2. The summed E-state index contributed by atoms with van der Waals surface area (Å²) in [4.78, 5) is 24.1. The quantitative estimate of drug-likeness (QED) is 0.478. The third-order valence-electron chi connectivity index (χ3n) is 9.99. The summed E-state index contributed by atoms with van der Waals surface area (Å²) < 4.78 is 12.7. The highest BCUT2D eigenvalue weighted by Crippen LogP contribution is 2.78. The number of carbonyl (C=O) groups is 2. The van der Waals surface area contributed by atoms with Crippen molar-refractivity contribution in [3.63, 3.8) is 0 Å². The highest BCUT2D eigenvalue weighted by Gasteiger charge is 2.82. The predicted octanol–water partition coefficient (Wildman–Crippen LogP) is 3.97. The first-order valence-corrected chi connectivity index (χ1v) is 10.9. The minimum Gasteiger partial charge on any atom is -0.458 e. The molecule has 0 N–H and O–H groups in total. The van der Waals surface area contributed by atoms with E-state index in [1.54, 1.807) is 0 Å². The number of hydrogen-bond acceptors (Lipinski definition) is 4. The molecule has 0 amide bonds. The second-order valence-electron chi connectivity index (χ2n) is 10.8. The standard InChI is InChI=1S/C23H30O4/c1-13-10-14-11-15(24)4-7-20(14,2)23-17(26-23)12-21(3)16(19(13)23)5-8-22(21)9-6-18(25)27-22/h11,13,16-17,19H,4-10,12H2,1-3H3/t13?,16-,17?,19?,20-,21-,22+,23?/m0/s1. The first-order chi connectivity index (χ1) is 12.8. The largest absolute Gasteiger partial charge is 0.458 e. The molecule has 4 unspecified atom stereocenters. The maximum Gasteiger partial charge on any atom is 0.306 e. The van der Waals surface area contributed by atoms with Crippen LogP contribution in [0.3, 0.4) is 0 Å². The summed E-state index contributed by atoms with van der Waals surface area (Å²) in [5.74, 6) is 1.85. The van der Waals surface area contributed by atoms with Gasteiger partial charge in [-0.1, -0.05) is 26.3 Å². The molecule has 2 saturated heterocycles. The number of fused-ring (bicyclic) bond motifs is 4. The molecule has 3 saturated carbocycles. The van der Waals surface area contributed by atoms with Crippen molar-refractivity contribution in [2.24, 2.45) is 28.6 Å². The molecule has 2 aliphatic heterocycles. The molecule has 2 spiro atoms. The Morgan fingerprint density at radius 3 is 2.67 bits per heavy atom. The summed E-state index contributed by atoms with van der Waals surface area (Å²) in [6, 6.07) is 0. The van der Waals surface area contributed by atoms with E-state index in [9.17, 15) is 9.59 Å². The molecule has 6 rings (SSSR count). The van der Waals surface area contributed by atoms with Gasteiger partial charge in [0, 0.05) is 23.7 Å². The van der Waals surface area contributed by atoms with Crippen LogP contribution in [-0.2, 0) is 19.1 Å². The van der Waals surface area contributed by atoms with Gasteiger partial charge in [-0.25, -0.2) is 0 Å². The lowest BCUT2D eigenvalue weighted by atomic mass is 9.44. The summed E-state index contributed by atoms with van der Waals surface area (Å²) in [5.41, 5.74) is 1.03. The first kappa shape index (κ1) is 16.8. The summed E-state index contributed by atoms with van der Waals surface area (Å²) in [6.07, 6.45) is 9.43. The zero-order valence-electron chi connectivity index (χ0n) is 16.7. The highest BCUT2D eigenvalue weighted by molar-refractivity contribution is 5.92. The Morgan fingerprint density at radius 1 is 1.11 bits per heavy atom. The van der Waals surface area contributed by atoms with Gasteiger partial charge in [-0.05, 0) is 62.4 Å². The molecule has 8 atom stereocenters. The number of carbonyl (C=O) groups excluding carboxylic acids is 2. The van der Waals surface area contributed by atoms with Crippen LogP contribution in [0.2, 0.25) is 0 Å². The van der Waals surface area contributed by atoms with Crippen molar-refractivity contribution in [2.75, 3.05) is 0 Å². The van der Waals surface area contributed by atoms with Crippen LogP contribution >= 0.6 is 0 Å². The van der Waals surface area contributed by atoms with Crippen LogP contribution in [0.4, 0.5) is 0 Å². The minimum atomic E-state index is -0.258. The van der Waals surface area contributed by atoms with Crippen LogP contribution in [0.1, 0.15) is 72.1 Å². The second-order valence-corrected chi connectivity index (χ2v) is 10.8. The number of hydrogen-bond donors (Lipinski definition) is 0. The van der Waals surface area contributed by atoms with Gasteiger partial charge in [-0.3, -0.25) is 9.59 Å². The van der Waals surface area contributed by atoms with Crippen LogP contribution in [0.15, 0.2) is 11.6 Å². The molecule has 5 fully saturated rings. The van der Waals surface area contributed by atoms with Crippen LogP contribution in [0.25, 0.3) is 0 Å². The van der Waals surface area contributed by atoms with Gasteiger partial charge in [0.15, 0.2) is 5.78 Å². The lowest BCUT2D eigenvalue weighted by Gasteiger charge is -2.58. The van der Waals surface area contributed by atoms with Crippen molar-refractivity contribution in [1.82, 2.24) is 0 Å². The van der Waals surface area contributed by atoms with Gasteiger partial charge >= 0.3 is 5.97 Å². The molecular formula is C23H30O4. The van der Waals surface area contributed by atoms with Crippen molar-refractivity contribution in [3.05, 3.63) is 11.6 Å². The van der Waals surface area contributed by atoms with E-state index in [1.165, 1.54) is 5.57 Å².